The van der Waals surface area contributed by atoms with Crippen LogP contribution in [0.15, 0.2) is 84.9 Å². The van der Waals surface area contributed by atoms with E-state index in [0.29, 0.717) is 0 Å². The number of phenolic OH excluding ortho intramolecular Hbond substituents is 1. The second-order valence-corrected chi connectivity index (χ2v) is 10.9. The van der Waals surface area contributed by atoms with E-state index in [9.17, 15) is 24.3 Å². The molecule has 218 valence electrons. The quantitative estimate of drug-likeness (QED) is 0.284. The van der Waals surface area contributed by atoms with E-state index in [1.54, 1.807) is 12.1 Å². The number of rotatable bonds is 7. The summed E-state index contributed by atoms with van der Waals surface area (Å²) in [5.74, 6) is -1.67. The van der Waals surface area contributed by atoms with E-state index in [0.717, 1.165) is 16.7 Å². The van der Waals surface area contributed by atoms with Crippen LogP contribution >= 0.6 is 0 Å². The van der Waals surface area contributed by atoms with E-state index in [4.69, 9.17) is 5.73 Å². The molecule has 3 aromatic rings. The van der Waals surface area contributed by atoms with Crippen molar-refractivity contribution in [3.63, 3.8) is 0 Å². The summed E-state index contributed by atoms with van der Waals surface area (Å²) in [6.07, 6.45) is 0.877. The van der Waals surface area contributed by atoms with Crippen molar-refractivity contribution < 1.29 is 24.3 Å². The molecule has 5 rings (SSSR count). The van der Waals surface area contributed by atoms with E-state index in [2.05, 4.69) is 16.0 Å². The number of nitrogens with one attached hydrogen (secondary N) is 3. The summed E-state index contributed by atoms with van der Waals surface area (Å²) in [4.78, 5) is 55.8. The molecular weight excluding hydrogens is 534 g/mol. The average molecular weight is 570 g/mol. The third-order valence-electron chi connectivity index (χ3n) is 7.77. The number of hydrogen-bond acceptors (Lipinski definition) is 6. The summed E-state index contributed by atoms with van der Waals surface area (Å²) in [6, 6.07) is 20.9. The van der Waals surface area contributed by atoms with Gasteiger partial charge in [-0.3, -0.25) is 19.2 Å². The smallest absolute Gasteiger partial charge is 0.243 e. The number of carbonyl (C=O) groups excluding carboxylic acids is 4. The van der Waals surface area contributed by atoms with Gasteiger partial charge in [0.05, 0.1) is 6.04 Å². The molecule has 6 N–H and O–H groups in total. The van der Waals surface area contributed by atoms with Gasteiger partial charge in [-0.2, -0.15) is 0 Å². The number of amides is 4. The second kappa shape index (κ2) is 12.9. The minimum Gasteiger partial charge on any atom is -0.508 e. The predicted octanol–water partition coefficient (Wildman–Crippen LogP) is 0.816. The number of benzene rings is 3. The molecule has 2 aliphatic rings. The number of nitrogens with zero attached hydrogens (tertiary/aromatic N) is 1. The summed E-state index contributed by atoms with van der Waals surface area (Å²) in [6.45, 7) is 0.112. The van der Waals surface area contributed by atoms with E-state index in [1.165, 1.54) is 17.0 Å². The zero-order chi connectivity index (χ0) is 29.6. The van der Waals surface area contributed by atoms with Crippen molar-refractivity contribution in [2.24, 2.45) is 5.73 Å². The van der Waals surface area contributed by atoms with Gasteiger partial charge in [0.2, 0.25) is 23.6 Å². The Morgan fingerprint density at radius 3 is 1.86 bits per heavy atom. The molecule has 2 fully saturated rings. The summed E-state index contributed by atoms with van der Waals surface area (Å²) in [5, 5.41) is 18.3. The van der Waals surface area contributed by atoms with Gasteiger partial charge in [-0.15, -0.1) is 0 Å². The Balaban J connectivity index is 1.41. The van der Waals surface area contributed by atoms with E-state index in [1.807, 2.05) is 60.7 Å². The molecule has 10 nitrogen and oxygen atoms in total. The Bertz CT molecular complexity index is 1420. The Morgan fingerprint density at radius 2 is 1.29 bits per heavy atom. The van der Waals surface area contributed by atoms with Crippen LogP contribution in [0.25, 0.3) is 0 Å². The van der Waals surface area contributed by atoms with Gasteiger partial charge >= 0.3 is 0 Å². The van der Waals surface area contributed by atoms with Crippen LogP contribution in [0, 0.1) is 0 Å². The van der Waals surface area contributed by atoms with E-state index < -0.39 is 47.9 Å². The van der Waals surface area contributed by atoms with Crippen LogP contribution < -0.4 is 21.7 Å². The number of phenols is 1. The predicted molar refractivity (Wildman–Crippen MR) is 156 cm³/mol. The van der Waals surface area contributed by atoms with Crippen molar-refractivity contribution in [1.82, 2.24) is 20.9 Å². The standard InChI is InChI=1S/C32H35N5O5/c33-25(15-22-11-13-24(38)14-12-22)32(42)37-19-23-18-28(37)31(41)36-27(17-21-9-5-2-6-10-21)30(40)35-26(29(39)34-23)16-20-7-3-1-4-8-20/h1-14,23,25-28,38H,15-19,33H2,(H,34,39)(H,35,40)(H,36,41)/t23-,25+,26+,27-,28-/m1/s1. The highest BCUT2D eigenvalue weighted by Gasteiger charge is 2.44. The number of hydrogen-bond donors (Lipinski definition) is 5. The number of nitrogens with two attached hydrogens (primary N) is 1. The van der Waals surface area contributed by atoms with Crippen LogP contribution in [0.2, 0.25) is 0 Å². The summed E-state index contributed by atoms with van der Waals surface area (Å²) < 4.78 is 0. The fourth-order valence-corrected chi connectivity index (χ4v) is 5.58. The van der Waals surface area contributed by atoms with Gasteiger partial charge in [0.15, 0.2) is 0 Å². The maximum Gasteiger partial charge on any atom is 0.243 e. The summed E-state index contributed by atoms with van der Waals surface area (Å²) in [5.41, 5.74) is 8.78. The summed E-state index contributed by atoms with van der Waals surface area (Å²) in [7, 11) is 0. The maximum atomic E-state index is 13.7. The topological polar surface area (TPSA) is 154 Å². The normalized spacial score (nSPS) is 23.3. The third-order valence-corrected chi connectivity index (χ3v) is 7.77. The fourth-order valence-electron chi connectivity index (χ4n) is 5.58. The highest BCUT2D eigenvalue weighted by molar-refractivity contribution is 5.96. The minimum atomic E-state index is -0.967. The molecule has 0 unspecified atom stereocenters. The number of aromatic hydroxyl groups is 1. The van der Waals surface area contributed by atoms with Crippen LogP contribution in [0.3, 0.4) is 0 Å². The molecule has 2 aliphatic heterocycles. The van der Waals surface area contributed by atoms with Gasteiger partial charge < -0.3 is 31.7 Å². The molecule has 2 bridgehead atoms. The van der Waals surface area contributed by atoms with Crippen molar-refractivity contribution in [1.29, 1.82) is 0 Å². The number of likely N-dealkylation sites (tertiary alicyclic amines) is 1. The van der Waals surface area contributed by atoms with E-state index >= 15 is 0 Å². The highest BCUT2D eigenvalue weighted by atomic mass is 16.3. The molecule has 0 spiro atoms. The molecule has 4 amide bonds. The molecule has 2 heterocycles. The van der Waals surface area contributed by atoms with Crippen molar-refractivity contribution in [2.45, 2.75) is 55.9 Å². The summed E-state index contributed by atoms with van der Waals surface area (Å²) >= 11 is 0. The van der Waals surface area contributed by atoms with Gasteiger partial charge in [-0.05, 0) is 41.7 Å². The van der Waals surface area contributed by atoms with Gasteiger partial charge in [0.1, 0.15) is 23.9 Å². The number of fused-ring (bicyclic) bond motifs is 2. The molecule has 2 saturated heterocycles. The molecule has 10 heteroatoms. The molecule has 5 atom stereocenters. The minimum absolute atomic E-state index is 0.106. The van der Waals surface area contributed by atoms with Crippen LogP contribution in [0.4, 0.5) is 0 Å². The van der Waals surface area contributed by atoms with Gasteiger partial charge in [0.25, 0.3) is 0 Å². The molecule has 42 heavy (non-hydrogen) atoms. The highest BCUT2D eigenvalue weighted by Crippen LogP contribution is 2.22. The second-order valence-electron chi connectivity index (χ2n) is 10.9. The van der Waals surface area contributed by atoms with Crippen LogP contribution in [-0.4, -0.2) is 70.4 Å². The first kappa shape index (κ1) is 28.8. The van der Waals surface area contributed by atoms with E-state index in [-0.39, 0.29) is 43.9 Å². The first-order valence-corrected chi connectivity index (χ1v) is 14.1. The lowest BCUT2D eigenvalue weighted by Crippen LogP contribution is -2.59. The zero-order valence-corrected chi connectivity index (χ0v) is 23.1. The maximum absolute atomic E-state index is 13.7. The van der Waals surface area contributed by atoms with Gasteiger partial charge in [-0.1, -0.05) is 72.8 Å². The van der Waals surface area contributed by atoms with Crippen LogP contribution in [-0.2, 0) is 38.4 Å². The molecular formula is C32H35N5O5. The Hall–Kier alpha value is -4.70. The van der Waals surface area contributed by atoms with Crippen molar-refractivity contribution in [2.75, 3.05) is 6.54 Å². The lowest BCUT2D eigenvalue weighted by Gasteiger charge is -2.29. The Labute approximate surface area is 244 Å². The largest absolute Gasteiger partial charge is 0.508 e. The van der Waals surface area contributed by atoms with Gasteiger partial charge in [-0.25, -0.2) is 0 Å². The average Bonchev–Trinajstić information content (AvgIpc) is 3.41. The van der Waals surface area contributed by atoms with Crippen molar-refractivity contribution in [3.05, 3.63) is 102 Å². The van der Waals surface area contributed by atoms with Crippen LogP contribution in [0.1, 0.15) is 23.1 Å². The van der Waals surface area contributed by atoms with Gasteiger partial charge in [0, 0.05) is 25.4 Å². The lowest BCUT2D eigenvalue weighted by atomic mass is 10.0. The SMILES string of the molecule is N[C@@H](Cc1ccc(O)cc1)C(=O)N1C[C@H]2C[C@@H]1C(=O)N[C@H](Cc1ccccc1)C(=O)N[C@@H](Cc1ccccc1)C(=O)N2. The molecule has 0 aliphatic carbocycles. The first-order chi connectivity index (χ1) is 20.3. The number of carbonyl (C=O) groups is 4. The molecule has 0 radical (unpaired) electrons. The Kier molecular flexibility index (Phi) is 8.83. The fraction of sp³-hybridized carbons (Fsp3) is 0.312. The lowest BCUT2D eigenvalue weighted by molar-refractivity contribution is -0.140. The Morgan fingerprint density at radius 1 is 0.762 bits per heavy atom. The zero-order valence-electron chi connectivity index (χ0n) is 23.1. The van der Waals surface area contributed by atoms with Crippen molar-refractivity contribution in [3.8, 4) is 5.75 Å². The van der Waals surface area contributed by atoms with Crippen molar-refractivity contribution >= 4 is 23.6 Å². The molecule has 0 saturated carbocycles. The molecule has 0 aromatic heterocycles. The third kappa shape index (κ3) is 6.95. The monoisotopic (exact) mass is 569 g/mol. The van der Waals surface area contributed by atoms with Crippen LogP contribution in [0.5, 0.6) is 5.75 Å². The molecule has 3 aromatic carbocycles. The first-order valence-electron chi connectivity index (χ1n) is 14.1.